The zero-order chi connectivity index (χ0) is 18.4. The fourth-order valence-corrected chi connectivity index (χ4v) is 1.81. The molecule has 0 radical (unpaired) electrons. The van der Waals surface area contributed by atoms with E-state index in [1.54, 1.807) is 0 Å². The van der Waals surface area contributed by atoms with Gasteiger partial charge in [-0.1, -0.05) is 6.07 Å². The molecule has 0 bridgehead atoms. The number of hydrogen-bond acceptors (Lipinski definition) is 6. The first-order valence-electron chi connectivity index (χ1n) is 6.63. The normalized spacial score (nSPS) is 10.8. The average Bonchev–Trinajstić information content (AvgIpc) is 2.54. The quantitative estimate of drug-likeness (QED) is 0.326. The zero-order valence-corrected chi connectivity index (χ0v) is 12.4. The molecule has 7 nitrogen and oxygen atoms in total. The van der Waals surface area contributed by atoms with E-state index < -0.39 is 29.1 Å². The van der Waals surface area contributed by atoms with Crippen LogP contribution >= 0.6 is 0 Å². The Labute approximate surface area is 138 Å². The van der Waals surface area contributed by atoms with Crippen molar-refractivity contribution in [2.45, 2.75) is 6.18 Å². The van der Waals surface area contributed by atoms with Crippen LogP contribution in [0.3, 0.4) is 0 Å². The smallest absolute Gasteiger partial charge is 0.416 e. The van der Waals surface area contributed by atoms with Gasteiger partial charge in [-0.05, 0) is 24.3 Å². The third kappa shape index (κ3) is 4.83. The predicted octanol–water partition coefficient (Wildman–Crippen LogP) is 3.56. The molecule has 0 aliphatic carbocycles. The zero-order valence-electron chi connectivity index (χ0n) is 12.4. The van der Waals surface area contributed by atoms with E-state index in [1.807, 2.05) is 0 Å². The standard InChI is InChI=1S/C15H10F3NO6/c16-15(17,18)10-4-5-14(13(6-10)19(21)22)25-9-24-12-3-1-2-11(7-12)23-8-20/h1-8H,9H2. The largest absolute Gasteiger partial charge is 0.457 e. The maximum Gasteiger partial charge on any atom is 0.416 e. The molecule has 0 fully saturated rings. The fourth-order valence-electron chi connectivity index (χ4n) is 1.81. The van der Waals surface area contributed by atoms with E-state index in [9.17, 15) is 28.1 Å². The number of benzene rings is 2. The number of ether oxygens (including phenoxy) is 3. The Kier molecular flexibility index (Phi) is 5.42. The van der Waals surface area contributed by atoms with Crippen molar-refractivity contribution in [3.05, 3.63) is 58.1 Å². The number of halogens is 3. The Morgan fingerprint density at radius 3 is 2.44 bits per heavy atom. The van der Waals surface area contributed by atoms with E-state index in [2.05, 4.69) is 4.74 Å². The van der Waals surface area contributed by atoms with Gasteiger partial charge in [0.05, 0.1) is 10.5 Å². The molecule has 2 aromatic carbocycles. The van der Waals surface area contributed by atoms with Crippen LogP contribution in [0.15, 0.2) is 42.5 Å². The highest BCUT2D eigenvalue weighted by Crippen LogP contribution is 2.36. The second-order valence-electron chi connectivity index (χ2n) is 4.53. The number of alkyl halides is 3. The van der Waals surface area contributed by atoms with Crippen molar-refractivity contribution >= 4 is 12.2 Å². The molecular weight excluding hydrogens is 347 g/mol. The van der Waals surface area contributed by atoms with E-state index in [4.69, 9.17) is 9.47 Å². The maximum absolute atomic E-state index is 12.6. The number of nitro groups is 1. The molecule has 132 valence electrons. The van der Waals surface area contributed by atoms with Gasteiger partial charge < -0.3 is 14.2 Å². The van der Waals surface area contributed by atoms with Gasteiger partial charge in [-0.15, -0.1) is 0 Å². The molecule has 0 unspecified atom stereocenters. The molecule has 2 aromatic rings. The van der Waals surface area contributed by atoms with Crippen LogP contribution in [0.5, 0.6) is 17.2 Å². The Morgan fingerprint density at radius 1 is 1.08 bits per heavy atom. The van der Waals surface area contributed by atoms with Crippen LogP contribution < -0.4 is 14.2 Å². The molecule has 0 saturated carbocycles. The van der Waals surface area contributed by atoms with Crippen molar-refractivity contribution in [1.82, 2.24) is 0 Å². The third-order valence-electron chi connectivity index (χ3n) is 2.91. The molecule has 0 spiro atoms. The first-order chi connectivity index (χ1) is 11.8. The Hall–Kier alpha value is -3.30. The SMILES string of the molecule is O=COc1cccc(OCOc2ccc(C(F)(F)F)cc2[N+](=O)[O-])c1. The summed E-state index contributed by atoms with van der Waals surface area (Å²) in [4.78, 5) is 20.2. The first-order valence-corrected chi connectivity index (χ1v) is 6.63. The van der Waals surface area contributed by atoms with Crippen LogP contribution in [0.25, 0.3) is 0 Å². The van der Waals surface area contributed by atoms with Crippen molar-refractivity contribution < 1.29 is 37.1 Å². The molecule has 0 N–H and O–H groups in total. The summed E-state index contributed by atoms with van der Waals surface area (Å²) >= 11 is 0. The van der Waals surface area contributed by atoms with Crippen molar-refractivity contribution in [2.75, 3.05) is 6.79 Å². The average molecular weight is 357 g/mol. The summed E-state index contributed by atoms with van der Waals surface area (Å²) in [5.74, 6) is 0.0558. The van der Waals surface area contributed by atoms with Crippen LogP contribution in [0.4, 0.5) is 18.9 Å². The lowest BCUT2D eigenvalue weighted by Gasteiger charge is -2.11. The minimum absolute atomic E-state index is 0.202. The Balaban J connectivity index is 2.09. The fraction of sp³-hybridized carbons (Fsp3) is 0.133. The third-order valence-corrected chi connectivity index (χ3v) is 2.91. The number of hydrogen-bond donors (Lipinski definition) is 0. The van der Waals surface area contributed by atoms with Gasteiger partial charge in [-0.25, -0.2) is 0 Å². The second-order valence-corrected chi connectivity index (χ2v) is 4.53. The number of nitro benzene ring substituents is 1. The summed E-state index contributed by atoms with van der Waals surface area (Å²) in [6, 6.07) is 7.77. The first kappa shape index (κ1) is 18.0. The molecule has 0 aliphatic rings. The maximum atomic E-state index is 12.6. The minimum Gasteiger partial charge on any atom is -0.457 e. The van der Waals surface area contributed by atoms with Gasteiger partial charge in [0.1, 0.15) is 11.5 Å². The Morgan fingerprint density at radius 2 is 1.80 bits per heavy atom. The molecule has 0 amide bonds. The van der Waals surface area contributed by atoms with Crippen LogP contribution in [0.1, 0.15) is 5.56 Å². The Bertz CT molecular complexity index is 778. The molecule has 0 heterocycles. The van der Waals surface area contributed by atoms with E-state index in [-0.39, 0.29) is 23.7 Å². The molecule has 25 heavy (non-hydrogen) atoms. The van der Waals surface area contributed by atoms with Crippen molar-refractivity contribution in [1.29, 1.82) is 0 Å². The summed E-state index contributed by atoms with van der Waals surface area (Å²) in [7, 11) is 0. The topological polar surface area (TPSA) is 87.9 Å². The van der Waals surface area contributed by atoms with Crippen molar-refractivity contribution in [2.24, 2.45) is 0 Å². The van der Waals surface area contributed by atoms with E-state index in [0.29, 0.717) is 12.1 Å². The second kappa shape index (κ2) is 7.51. The summed E-state index contributed by atoms with van der Waals surface area (Å²) in [5, 5.41) is 10.9. The lowest BCUT2D eigenvalue weighted by Crippen LogP contribution is -2.09. The number of carbonyl (C=O) groups excluding carboxylic acids is 1. The van der Waals surface area contributed by atoms with Crippen LogP contribution in [-0.4, -0.2) is 18.2 Å². The van der Waals surface area contributed by atoms with Gasteiger partial charge in [0.25, 0.3) is 6.47 Å². The molecule has 0 saturated heterocycles. The van der Waals surface area contributed by atoms with Gasteiger partial charge >= 0.3 is 11.9 Å². The van der Waals surface area contributed by atoms with Gasteiger partial charge in [0.15, 0.2) is 0 Å². The van der Waals surface area contributed by atoms with E-state index in [1.165, 1.54) is 24.3 Å². The molecule has 2 rings (SSSR count). The van der Waals surface area contributed by atoms with Gasteiger partial charge in [-0.3, -0.25) is 14.9 Å². The molecule has 0 aromatic heterocycles. The molecule has 0 atom stereocenters. The lowest BCUT2D eigenvalue weighted by atomic mass is 10.2. The summed E-state index contributed by atoms with van der Waals surface area (Å²) in [5.41, 5.74) is -2.00. The summed E-state index contributed by atoms with van der Waals surface area (Å²) in [6.07, 6.45) is -4.71. The van der Waals surface area contributed by atoms with Gasteiger partial charge in [0.2, 0.25) is 12.5 Å². The predicted molar refractivity (Wildman–Crippen MR) is 77.4 cm³/mol. The highest BCUT2D eigenvalue weighted by atomic mass is 19.4. The monoisotopic (exact) mass is 357 g/mol. The van der Waals surface area contributed by atoms with Crippen molar-refractivity contribution in [3.63, 3.8) is 0 Å². The molecule has 0 aliphatic heterocycles. The molecule has 10 heteroatoms. The summed E-state index contributed by atoms with van der Waals surface area (Å²) in [6.45, 7) is -0.280. The van der Waals surface area contributed by atoms with Gasteiger partial charge in [0, 0.05) is 12.1 Å². The number of carbonyl (C=O) groups is 1. The highest BCUT2D eigenvalue weighted by Gasteiger charge is 2.33. The van der Waals surface area contributed by atoms with Gasteiger partial charge in [-0.2, -0.15) is 13.2 Å². The molecular formula is C15H10F3NO6. The number of rotatable bonds is 7. The van der Waals surface area contributed by atoms with E-state index in [0.717, 1.165) is 6.07 Å². The summed E-state index contributed by atoms with van der Waals surface area (Å²) < 4.78 is 52.6. The lowest BCUT2D eigenvalue weighted by molar-refractivity contribution is -0.386. The van der Waals surface area contributed by atoms with Crippen LogP contribution in [0, 0.1) is 10.1 Å². The van der Waals surface area contributed by atoms with Crippen LogP contribution in [0.2, 0.25) is 0 Å². The highest BCUT2D eigenvalue weighted by molar-refractivity contribution is 5.49. The van der Waals surface area contributed by atoms with Crippen molar-refractivity contribution in [3.8, 4) is 17.2 Å². The van der Waals surface area contributed by atoms with E-state index >= 15 is 0 Å². The van der Waals surface area contributed by atoms with Crippen LogP contribution in [-0.2, 0) is 11.0 Å². The minimum atomic E-state index is -4.71. The number of nitrogens with zero attached hydrogens (tertiary/aromatic N) is 1.